The highest BCUT2D eigenvalue weighted by Gasteiger charge is 2.43. The third kappa shape index (κ3) is 6.22. The maximum absolute atomic E-state index is 13.4. The Morgan fingerprint density at radius 1 is 0.786 bits per heavy atom. The Balaban J connectivity index is 0.758. The zero-order chi connectivity index (χ0) is 37.9. The molecule has 2 N–H and O–H groups in total. The summed E-state index contributed by atoms with van der Waals surface area (Å²) in [6.45, 7) is 7.44. The molecule has 288 valence electrons. The quantitative estimate of drug-likeness (QED) is 0.255. The number of phenolic OH excluding ortho intramolecular Hbond substituents is 1. The molecule has 6 heterocycles. The number of fused-ring (bicyclic) bond motifs is 6. The molecule has 0 aromatic heterocycles. The SMILES string of the molecule is O=C1CCC(N2Cc3c(ccc4c3OC[C@@H]3CN(CC5CCN(c6ccc([C@@H]7c8ccc(O)cc8OC[C@@H]7c7ccccc7)cc6)CC5)CCN43)C2=O)C(=O)N1. The second-order valence-corrected chi connectivity index (χ2v) is 16.3. The minimum atomic E-state index is -0.637. The van der Waals surface area contributed by atoms with Crippen LogP contribution in [-0.2, 0) is 16.1 Å². The number of piperidine rings is 2. The summed E-state index contributed by atoms with van der Waals surface area (Å²) in [5.41, 5.74) is 7.37. The maximum Gasteiger partial charge on any atom is 0.255 e. The lowest BCUT2D eigenvalue weighted by Crippen LogP contribution is -2.58. The molecule has 11 nitrogen and oxygen atoms in total. The van der Waals surface area contributed by atoms with Gasteiger partial charge in [-0.05, 0) is 66.6 Å². The molecule has 0 radical (unpaired) electrons. The summed E-state index contributed by atoms with van der Waals surface area (Å²) in [6.07, 6.45) is 2.90. The number of phenols is 1. The molecule has 0 bridgehead atoms. The summed E-state index contributed by atoms with van der Waals surface area (Å²) in [5.74, 6) is 1.85. The fourth-order valence-electron chi connectivity index (χ4n) is 10.1. The van der Waals surface area contributed by atoms with Crippen LogP contribution in [0, 0.1) is 5.92 Å². The molecule has 11 heteroatoms. The number of nitrogens with one attached hydrogen (secondary N) is 1. The highest BCUT2D eigenvalue weighted by Crippen LogP contribution is 2.48. The van der Waals surface area contributed by atoms with Crippen molar-refractivity contribution in [1.82, 2.24) is 15.1 Å². The summed E-state index contributed by atoms with van der Waals surface area (Å²) >= 11 is 0. The van der Waals surface area contributed by atoms with E-state index in [2.05, 4.69) is 74.6 Å². The first-order valence-electron chi connectivity index (χ1n) is 20.2. The van der Waals surface area contributed by atoms with Gasteiger partial charge >= 0.3 is 0 Å². The molecular formula is C45H47N5O6. The zero-order valence-electron chi connectivity index (χ0n) is 31.4. The van der Waals surface area contributed by atoms with Crippen LogP contribution in [0.1, 0.15) is 70.1 Å². The lowest BCUT2D eigenvalue weighted by Gasteiger charge is -2.47. The number of nitrogens with zero attached hydrogens (tertiary/aromatic N) is 4. The second-order valence-electron chi connectivity index (χ2n) is 16.3. The van der Waals surface area contributed by atoms with Gasteiger partial charge in [0, 0.05) is 86.0 Å². The molecule has 1 unspecified atom stereocenters. The molecule has 4 aromatic rings. The van der Waals surface area contributed by atoms with Crippen LogP contribution in [0.5, 0.6) is 17.2 Å². The Morgan fingerprint density at radius 3 is 2.41 bits per heavy atom. The molecule has 3 saturated heterocycles. The van der Waals surface area contributed by atoms with Crippen LogP contribution >= 0.6 is 0 Å². The lowest BCUT2D eigenvalue weighted by atomic mass is 9.76. The van der Waals surface area contributed by atoms with Gasteiger partial charge in [-0.1, -0.05) is 48.5 Å². The van der Waals surface area contributed by atoms with E-state index in [4.69, 9.17) is 9.47 Å². The summed E-state index contributed by atoms with van der Waals surface area (Å²) < 4.78 is 12.6. The van der Waals surface area contributed by atoms with E-state index in [0.717, 1.165) is 80.4 Å². The molecule has 6 aliphatic heterocycles. The molecular weight excluding hydrogens is 707 g/mol. The van der Waals surface area contributed by atoms with Gasteiger partial charge in [-0.3, -0.25) is 24.6 Å². The summed E-state index contributed by atoms with van der Waals surface area (Å²) in [4.78, 5) is 46.9. The number of imide groups is 1. The average Bonchev–Trinajstić information content (AvgIpc) is 3.56. The fraction of sp³-hybridized carbons (Fsp3) is 0.400. The average molecular weight is 754 g/mol. The Hall–Kier alpha value is -5.55. The number of amides is 3. The minimum absolute atomic E-state index is 0.130. The van der Waals surface area contributed by atoms with Crippen LogP contribution in [0.3, 0.4) is 0 Å². The third-order valence-electron chi connectivity index (χ3n) is 13.1. The van der Waals surface area contributed by atoms with Gasteiger partial charge in [-0.2, -0.15) is 0 Å². The van der Waals surface area contributed by atoms with E-state index in [1.165, 1.54) is 16.8 Å². The largest absolute Gasteiger partial charge is 0.508 e. The normalized spacial score (nSPS) is 25.1. The van der Waals surface area contributed by atoms with Crippen molar-refractivity contribution in [2.45, 2.75) is 56.1 Å². The molecule has 6 aliphatic rings. The topological polar surface area (TPSA) is 115 Å². The van der Waals surface area contributed by atoms with E-state index in [0.29, 0.717) is 37.7 Å². The van der Waals surface area contributed by atoms with Crippen LogP contribution in [0.4, 0.5) is 11.4 Å². The van der Waals surface area contributed by atoms with E-state index in [1.54, 1.807) is 17.0 Å². The number of hydrogen-bond acceptors (Lipinski definition) is 9. The second kappa shape index (κ2) is 14.2. The van der Waals surface area contributed by atoms with Gasteiger partial charge in [0.2, 0.25) is 11.8 Å². The van der Waals surface area contributed by atoms with Crippen molar-refractivity contribution in [2.24, 2.45) is 5.92 Å². The molecule has 0 aliphatic carbocycles. The standard InChI is InChI=1S/C45H47N5O6/c51-33-10-11-35-40(22-33)55-27-37(29-4-2-1-3-5-29)42(35)30-6-8-31(9-7-30)48-18-16-28(17-19-48)23-47-20-21-49-32(24-47)26-56-43-36-25-50(39-14-15-41(52)46-44(39)53)45(54)34(36)12-13-38(43)49/h1-13,22,28,32,37,39,42,51H,14-21,23-27H2,(H,46,52,53)/t32-,37+,39?,42+/m0/s1. The summed E-state index contributed by atoms with van der Waals surface area (Å²) in [5, 5.41) is 12.6. The van der Waals surface area contributed by atoms with Crippen LogP contribution in [0.2, 0.25) is 0 Å². The predicted octanol–water partition coefficient (Wildman–Crippen LogP) is 5.26. The van der Waals surface area contributed by atoms with Crippen molar-refractivity contribution in [3.8, 4) is 17.2 Å². The van der Waals surface area contributed by atoms with E-state index in [9.17, 15) is 19.5 Å². The van der Waals surface area contributed by atoms with Gasteiger partial charge in [-0.25, -0.2) is 0 Å². The molecule has 56 heavy (non-hydrogen) atoms. The number of aromatic hydroxyl groups is 1. The first-order chi connectivity index (χ1) is 27.4. The number of ether oxygens (including phenoxy) is 2. The summed E-state index contributed by atoms with van der Waals surface area (Å²) in [7, 11) is 0. The number of rotatable bonds is 6. The Morgan fingerprint density at radius 2 is 1.61 bits per heavy atom. The van der Waals surface area contributed by atoms with Gasteiger partial charge in [0.25, 0.3) is 5.91 Å². The Kier molecular flexibility index (Phi) is 8.84. The Labute approximate surface area is 326 Å². The number of carbonyl (C=O) groups excluding carboxylic acids is 3. The maximum atomic E-state index is 13.4. The molecule has 4 atom stereocenters. The van der Waals surface area contributed by atoms with Crippen LogP contribution in [0.25, 0.3) is 0 Å². The highest BCUT2D eigenvalue weighted by atomic mass is 16.5. The number of hydrogen-bond donors (Lipinski definition) is 2. The smallest absolute Gasteiger partial charge is 0.255 e. The lowest BCUT2D eigenvalue weighted by molar-refractivity contribution is -0.136. The predicted molar refractivity (Wildman–Crippen MR) is 212 cm³/mol. The van der Waals surface area contributed by atoms with Gasteiger partial charge < -0.3 is 29.3 Å². The first kappa shape index (κ1) is 34.9. The van der Waals surface area contributed by atoms with Crippen molar-refractivity contribution in [1.29, 1.82) is 0 Å². The molecule has 4 aromatic carbocycles. The van der Waals surface area contributed by atoms with Crippen molar-refractivity contribution in [2.75, 3.05) is 62.3 Å². The minimum Gasteiger partial charge on any atom is -0.508 e. The van der Waals surface area contributed by atoms with E-state index in [1.807, 2.05) is 18.2 Å². The van der Waals surface area contributed by atoms with Crippen molar-refractivity contribution >= 4 is 29.1 Å². The van der Waals surface area contributed by atoms with Crippen LogP contribution in [-0.4, -0.2) is 97.2 Å². The zero-order valence-corrected chi connectivity index (χ0v) is 31.4. The molecule has 0 spiro atoms. The fourth-order valence-corrected chi connectivity index (χ4v) is 10.1. The monoisotopic (exact) mass is 753 g/mol. The van der Waals surface area contributed by atoms with Crippen LogP contribution < -0.4 is 24.6 Å². The number of benzene rings is 4. The highest BCUT2D eigenvalue weighted by molar-refractivity contribution is 6.06. The van der Waals surface area contributed by atoms with Gasteiger partial charge in [-0.15, -0.1) is 0 Å². The molecule has 3 fully saturated rings. The van der Waals surface area contributed by atoms with Gasteiger partial charge in [0.1, 0.15) is 29.9 Å². The number of piperazine rings is 1. The van der Waals surface area contributed by atoms with Gasteiger partial charge in [0.05, 0.1) is 24.9 Å². The Bertz CT molecular complexity index is 2170. The van der Waals surface area contributed by atoms with Gasteiger partial charge in [0.15, 0.2) is 0 Å². The van der Waals surface area contributed by atoms with E-state index in [-0.39, 0.29) is 41.9 Å². The van der Waals surface area contributed by atoms with E-state index >= 15 is 0 Å². The molecule has 10 rings (SSSR count). The summed E-state index contributed by atoms with van der Waals surface area (Å²) in [6, 6.07) is 28.8. The third-order valence-corrected chi connectivity index (χ3v) is 13.1. The number of anilines is 2. The van der Waals surface area contributed by atoms with Crippen molar-refractivity contribution in [3.05, 3.63) is 113 Å². The molecule has 0 saturated carbocycles. The van der Waals surface area contributed by atoms with Crippen LogP contribution in [0.15, 0.2) is 84.9 Å². The van der Waals surface area contributed by atoms with Crippen molar-refractivity contribution in [3.63, 3.8) is 0 Å². The van der Waals surface area contributed by atoms with Crippen molar-refractivity contribution < 1.29 is 29.0 Å². The van der Waals surface area contributed by atoms with E-state index < -0.39 is 11.9 Å². The number of carbonyl (C=O) groups is 3. The first-order valence-corrected chi connectivity index (χ1v) is 20.2. The molecule has 3 amide bonds.